The van der Waals surface area contributed by atoms with Crippen LogP contribution in [0.2, 0.25) is 5.02 Å². The van der Waals surface area contributed by atoms with E-state index in [9.17, 15) is 14.9 Å². The smallest absolute Gasteiger partial charge is 0.313 e. The Labute approximate surface area is 177 Å². The highest BCUT2D eigenvalue weighted by atomic mass is 35.5. The van der Waals surface area contributed by atoms with E-state index >= 15 is 0 Å². The molecule has 0 atom stereocenters. The third-order valence-corrected chi connectivity index (χ3v) is 5.12. The Morgan fingerprint density at radius 2 is 1.83 bits per heavy atom. The van der Waals surface area contributed by atoms with Crippen LogP contribution in [0.3, 0.4) is 0 Å². The average molecular weight is 425 g/mol. The van der Waals surface area contributed by atoms with Crippen molar-refractivity contribution in [3.05, 3.63) is 86.9 Å². The van der Waals surface area contributed by atoms with Crippen molar-refractivity contribution in [2.45, 2.75) is 6.42 Å². The van der Waals surface area contributed by atoms with Crippen LogP contribution in [0.25, 0.3) is 0 Å². The molecule has 0 radical (unpaired) electrons. The molecular weight excluding hydrogens is 408 g/mol. The molecule has 30 heavy (non-hydrogen) atoms. The number of rotatable bonds is 5. The zero-order valence-electron chi connectivity index (χ0n) is 16.0. The average Bonchev–Trinajstić information content (AvgIpc) is 3.18. The van der Waals surface area contributed by atoms with Crippen molar-refractivity contribution >= 4 is 28.9 Å². The molecule has 0 aliphatic carbocycles. The summed E-state index contributed by atoms with van der Waals surface area (Å²) in [7, 11) is 1.44. The summed E-state index contributed by atoms with van der Waals surface area (Å²) in [6.07, 6.45) is 0.806. The largest absolute Gasteiger partial charge is 0.493 e. The van der Waals surface area contributed by atoms with Gasteiger partial charge in [0.25, 0.3) is 5.91 Å². The molecule has 8 heteroatoms. The first-order chi connectivity index (χ1) is 14.5. The van der Waals surface area contributed by atoms with Crippen LogP contribution >= 0.6 is 11.6 Å². The normalized spacial score (nSPS) is 12.4. The van der Waals surface area contributed by atoms with E-state index in [4.69, 9.17) is 21.1 Å². The first-order valence-electron chi connectivity index (χ1n) is 9.17. The SMILES string of the molecule is COc1cc(C(=O)N2CCc3ccccc32)ccc1Oc1ccc(Cl)cc1[N+](=O)[O-]. The highest BCUT2D eigenvalue weighted by molar-refractivity contribution is 6.30. The van der Waals surface area contributed by atoms with Gasteiger partial charge in [-0.3, -0.25) is 14.9 Å². The van der Waals surface area contributed by atoms with E-state index < -0.39 is 4.92 Å². The van der Waals surface area contributed by atoms with Crippen molar-refractivity contribution in [3.63, 3.8) is 0 Å². The fourth-order valence-electron chi connectivity index (χ4n) is 3.43. The molecule has 1 aliphatic heterocycles. The summed E-state index contributed by atoms with van der Waals surface area (Å²) in [5.74, 6) is 0.413. The predicted molar refractivity (Wildman–Crippen MR) is 113 cm³/mol. The van der Waals surface area contributed by atoms with Crippen LogP contribution in [0.4, 0.5) is 11.4 Å². The third kappa shape index (κ3) is 3.67. The lowest BCUT2D eigenvalue weighted by Crippen LogP contribution is -2.28. The van der Waals surface area contributed by atoms with Gasteiger partial charge in [-0.05, 0) is 48.4 Å². The van der Waals surface area contributed by atoms with Crippen LogP contribution in [0, 0.1) is 10.1 Å². The molecule has 0 unspecified atom stereocenters. The lowest BCUT2D eigenvalue weighted by atomic mass is 10.1. The molecule has 0 fully saturated rings. The molecule has 0 N–H and O–H groups in total. The minimum Gasteiger partial charge on any atom is -0.493 e. The van der Waals surface area contributed by atoms with E-state index in [1.54, 1.807) is 23.1 Å². The second-order valence-electron chi connectivity index (χ2n) is 6.67. The number of nitro groups is 1. The first-order valence-corrected chi connectivity index (χ1v) is 9.55. The molecule has 0 saturated heterocycles. The van der Waals surface area contributed by atoms with E-state index in [2.05, 4.69) is 0 Å². The molecule has 0 bridgehead atoms. The van der Waals surface area contributed by atoms with E-state index in [1.807, 2.05) is 24.3 Å². The number of anilines is 1. The number of benzene rings is 3. The Kier molecular flexibility index (Phi) is 5.29. The zero-order valence-corrected chi connectivity index (χ0v) is 16.8. The number of hydrogen-bond donors (Lipinski definition) is 0. The molecule has 3 aromatic carbocycles. The lowest BCUT2D eigenvalue weighted by molar-refractivity contribution is -0.385. The van der Waals surface area contributed by atoms with E-state index in [-0.39, 0.29) is 33.9 Å². The number of methoxy groups -OCH3 is 1. The Bertz CT molecular complexity index is 1150. The molecule has 152 valence electrons. The van der Waals surface area contributed by atoms with Crippen LogP contribution < -0.4 is 14.4 Å². The summed E-state index contributed by atoms with van der Waals surface area (Å²) in [5, 5.41) is 11.5. The first kappa shape index (κ1) is 19.7. The third-order valence-electron chi connectivity index (χ3n) is 4.88. The number of halogens is 1. The van der Waals surface area contributed by atoms with Gasteiger partial charge in [0, 0.05) is 28.9 Å². The van der Waals surface area contributed by atoms with Crippen molar-refractivity contribution < 1.29 is 19.2 Å². The number of para-hydroxylation sites is 1. The standard InChI is InChI=1S/C22H17ClN2O5/c1-29-21-12-15(22(26)24-11-10-14-4-2-3-5-17(14)24)6-8-20(21)30-19-9-7-16(23)13-18(19)25(27)28/h2-9,12-13H,10-11H2,1H3. The van der Waals surface area contributed by atoms with Crippen molar-refractivity contribution in [3.8, 4) is 17.2 Å². The number of nitro benzene ring substituents is 1. The van der Waals surface area contributed by atoms with Crippen molar-refractivity contribution in [1.29, 1.82) is 0 Å². The molecular formula is C22H17ClN2O5. The Morgan fingerprint density at radius 1 is 1.07 bits per heavy atom. The van der Waals surface area contributed by atoms with Gasteiger partial charge in [-0.2, -0.15) is 0 Å². The minimum absolute atomic E-state index is 0.0234. The quantitative estimate of drug-likeness (QED) is 0.412. The number of ether oxygens (including phenoxy) is 2. The highest BCUT2D eigenvalue weighted by Crippen LogP contribution is 2.38. The second kappa shape index (κ2) is 8.04. The minimum atomic E-state index is -0.573. The lowest BCUT2D eigenvalue weighted by Gasteiger charge is -2.18. The fourth-order valence-corrected chi connectivity index (χ4v) is 3.59. The Morgan fingerprint density at radius 3 is 2.60 bits per heavy atom. The zero-order chi connectivity index (χ0) is 21.3. The van der Waals surface area contributed by atoms with Gasteiger partial charge in [-0.25, -0.2) is 0 Å². The number of carbonyl (C=O) groups is 1. The monoisotopic (exact) mass is 424 g/mol. The Balaban J connectivity index is 1.63. The molecule has 7 nitrogen and oxygen atoms in total. The number of fused-ring (bicyclic) bond motifs is 1. The number of amides is 1. The maximum atomic E-state index is 13.1. The molecule has 1 aliphatic rings. The number of nitrogens with zero attached hydrogens (tertiary/aromatic N) is 2. The molecule has 1 heterocycles. The van der Waals surface area contributed by atoms with Crippen LogP contribution in [0.5, 0.6) is 17.2 Å². The van der Waals surface area contributed by atoms with Crippen molar-refractivity contribution in [2.24, 2.45) is 0 Å². The molecule has 1 amide bonds. The predicted octanol–water partition coefficient (Wildman–Crippen LogP) is 5.25. The number of carbonyl (C=O) groups excluding carboxylic acids is 1. The summed E-state index contributed by atoms with van der Waals surface area (Å²) < 4.78 is 11.1. The van der Waals surface area contributed by atoms with E-state index in [0.29, 0.717) is 12.1 Å². The molecule has 0 saturated carbocycles. The topological polar surface area (TPSA) is 81.9 Å². The number of hydrogen-bond acceptors (Lipinski definition) is 5. The van der Waals surface area contributed by atoms with E-state index in [1.165, 1.54) is 25.3 Å². The maximum Gasteiger partial charge on any atom is 0.313 e. The summed E-state index contributed by atoms with van der Waals surface area (Å²) in [6, 6.07) is 16.7. The maximum absolute atomic E-state index is 13.1. The van der Waals surface area contributed by atoms with Crippen LogP contribution in [-0.4, -0.2) is 24.5 Å². The van der Waals surface area contributed by atoms with Gasteiger partial charge in [-0.15, -0.1) is 0 Å². The fraction of sp³-hybridized carbons (Fsp3) is 0.136. The van der Waals surface area contributed by atoms with Crippen LogP contribution in [-0.2, 0) is 6.42 Å². The summed E-state index contributed by atoms with van der Waals surface area (Å²) in [5.41, 5.74) is 2.20. The molecule has 0 aromatic heterocycles. The van der Waals surface area contributed by atoms with Crippen LogP contribution in [0.1, 0.15) is 15.9 Å². The van der Waals surface area contributed by atoms with Gasteiger partial charge in [0.2, 0.25) is 5.75 Å². The van der Waals surface area contributed by atoms with Gasteiger partial charge in [-0.1, -0.05) is 29.8 Å². The second-order valence-corrected chi connectivity index (χ2v) is 7.11. The Hall–Kier alpha value is -3.58. The summed E-state index contributed by atoms with van der Waals surface area (Å²) in [6.45, 7) is 0.607. The van der Waals surface area contributed by atoms with Crippen molar-refractivity contribution in [1.82, 2.24) is 0 Å². The van der Waals surface area contributed by atoms with Gasteiger partial charge in [0.05, 0.1) is 12.0 Å². The van der Waals surface area contributed by atoms with Gasteiger partial charge in [0.15, 0.2) is 11.5 Å². The van der Waals surface area contributed by atoms with Crippen LogP contribution in [0.15, 0.2) is 60.7 Å². The van der Waals surface area contributed by atoms with Gasteiger partial charge < -0.3 is 14.4 Å². The summed E-state index contributed by atoms with van der Waals surface area (Å²) >= 11 is 5.85. The molecule has 3 aromatic rings. The summed E-state index contributed by atoms with van der Waals surface area (Å²) in [4.78, 5) is 25.5. The van der Waals surface area contributed by atoms with Gasteiger partial charge in [0.1, 0.15) is 0 Å². The van der Waals surface area contributed by atoms with Gasteiger partial charge >= 0.3 is 5.69 Å². The van der Waals surface area contributed by atoms with E-state index in [0.717, 1.165) is 17.7 Å². The molecule has 0 spiro atoms. The highest BCUT2D eigenvalue weighted by Gasteiger charge is 2.26. The molecule has 4 rings (SSSR count). The van der Waals surface area contributed by atoms with Crippen molar-refractivity contribution in [2.75, 3.05) is 18.6 Å².